The lowest BCUT2D eigenvalue weighted by Crippen LogP contribution is -2.30. The summed E-state index contributed by atoms with van der Waals surface area (Å²) in [7, 11) is 0. The number of carbonyl (C=O) groups excluding carboxylic acids is 1. The number of amides is 1. The SMILES string of the molecule is CCCC(CCC)CN1Cc2cccc(OC3CCCCC3)c2C1=O. The van der Waals surface area contributed by atoms with Gasteiger partial charge in [0.25, 0.3) is 5.91 Å². The topological polar surface area (TPSA) is 29.5 Å². The highest BCUT2D eigenvalue weighted by Gasteiger charge is 2.32. The summed E-state index contributed by atoms with van der Waals surface area (Å²) >= 11 is 0. The Morgan fingerprint density at radius 3 is 2.52 bits per heavy atom. The van der Waals surface area contributed by atoms with Gasteiger partial charge in [0.1, 0.15) is 5.75 Å². The third-order valence-corrected chi connectivity index (χ3v) is 5.69. The molecule has 1 aliphatic heterocycles. The molecular weight excluding hydrogens is 310 g/mol. The molecule has 1 saturated carbocycles. The summed E-state index contributed by atoms with van der Waals surface area (Å²) in [5, 5.41) is 0. The van der Waals surface area contributed by atoms with Crippen LogP contribution in [0.2, 0.25) is 0 Å². The molecule has 0 N–H and O–H groups in total. The molecule has 3 heteroatoms. The molecule has 1 aromatic rings. The van der Waals surface area contributed by atoms with Crippen LogP contribution in [0.25, 0.3) is 0 Å². The largest absolute Gasteiger partial charge is 0.490 e. The number of rotatable bonds is 8. The van der Waals surface area contributed by atoms with Gasteiger partial charge in [-0.1, -0.05) is 45.2 Å². The highest BCUT2D eigenvalue weighted by molar-refractivity contribution is 6.01. The lowest BCUT2D eigenvalue weighted by Gasteiger charge is -2.24. The molecule has 3 nitrogen and oxygen atoms in total. The number of ether oxygens (including phenoxy) is 1. The van der Waals surface area contributed by atoms with E-state index in [0.29, 0.717) is 5.92 Å². The first-order chi connectivity index (χ1) is 12.2. The standard InChI is InChI=1S/C22H33NO2/c1-3-9-17(10-4-2)15-23-16-18-11-8-14-20(21(18)22(23)24)25-19-12-6-5-7-13-19/h8,11,14,17,19H,3-7,9-10,12-13,15-16H2,1-2H3. The van der Waals surface area contributed by atoms with Crippen molar-refractivity contribution in [2.24, 2.45) is 5.92 Å². The summed E-state index contributed by atoms with van der Waals surface area (Å²) in [6.07, 6.45) is 11.1. The molecule has 1 amide bonds. The smallest absolute Gasteiger partial charge is 0.258 e. The van der Waals surface area contributed by atoms with Crippen molar-refractivity contribution in [1.82, 2.24) is 4.90 Å². The van der Waals surface area contributed by atoms with E-state index < -0.39 is 0 Å². The van der Waals surface area contributed by atoms with Gasteiger partial charge >= 0.3 is 0 Å². The van der Waals surface area contributed by atoms with Crippen molar-refractivity contribution in [2.45, 2.75) is 84.3 Å². The van der Waals surface area contributed by atoms with Crippen LogP contribution >= 0.6 is 0 Å². The molecule has 0 atom stereocenters. The minimum Gasteiger partial charge on any atom is -0.490 e. The molecule has 1 fully saturated rings. The van der Waals surface area contributed by atoms with Gasteiger partial charge in [-0.15, -0.1) is 0 Å². The zero-order chi connectivity index (χ0) is 17.6. The zero-order valence-electron chi connectivity index (χ0n) is 15.9. The minimum atomic E-state index is 0.179. The van der Waals surface area contributed by atoms with Gasteiger partial charge in [-0.2, -0.15) is 0 Å². The van der Waals surface area contributed by atoms with Gasteiger partial charge in [-0.3, -0.25) is 4.79 Å². The summed E-state index contributed by atoms with van der Waals surface area (Å²) in [4.78, 5) is 15.1. The number of hydrogen-bond donors (Lipinski definition) is 0. The fraction of sp³-hybridized carbons (Fsp3) is 0.682. The van der Waals surface area contributed by atoms with E-state index >= 15 is 0 Å². The third-order valence-electron chi connectivity index (χ3n) is 5.69. The molecule has 0 bridgehead atoms. The molecule has 2 aliphatic rings. The van der Waals surface area contributed by atoms with E-state index in [1.165, 1.54) is 44.9 Å². The van der Waals surface area contributed by atoms with E-state index in [1.807, 2.05) is 17.0 Å². The predicted octanol–water partition coefficient (Wildman–Crippen LogP) is 5.57. The maximum Gasteiger partial charge on any atom is 0.258 e. The maximum atomic E-state index is 13.0. The highest BCUT2D eigenvalue weighted by atomic mass is 16.5. The first-order valence-electron chi connectivity index (χ1n) is 10.3. The van der Waals surface area contributed by atoms with Gasteiger partial charge in [0.2, 0.25) is 0 Å². The lowest BCUT2D eigenvalue weighted by molar-refractivity contribution is 0.0737. The van der Waals surface area contributed by atoms with Crippen molar-refractivity contribution < 1.29 is 9.53 Å². The molecule has 0 unspecified atom stereocenters. The van der Waals surface area contributed by atoms with E-state index in [0.717, 1.165) is 42.8 Å². The molecule has 0 spiro atoms. The van der Waals surface area contributed by atoms with E-state index in [1.54, 1.807) is 0 Å². The van der Waals surface area contributed by atoms with Crippen LogP contribution in [-0.2, 0) is 6.54 Å². The molecule has 1 heterocycles. The molecule has 0 radical (unpaired) electrons. The van der Waals surface area contributed by atoms with Crippen LogP contribution in [0.5, 0.6) is 5.75 Å². The van der Waals surface area contributed by atoms with E-state index in [4.69, 9.17) is 4.74 Å². The fourth-order valence-corrected chi connectivity index (χ4v) is 4.45. The van der Waals surface area contributed by atoms with Crippen molar-refractivity contribution in [1.29, 1.82) is 0 Å². The number of benzene rings is 1. The summed E-state index contributed by atoms with van der Waals surface area (Å²) in [6, 6.07) is 6.13. The molecule has 0 aromatic heterocycles. The number of hydrogen-bond acceptors (Lipinski definition) is 2. The van der Waals surface area contributed by atoms with Gasteiger partial charge in [0.05, 0.1) is 11.7 Å². The van der Waals surface area contributed by atoms with Crippen LogP contribution in [0.3, 0.4) is 0 Å². The Kier molecular flexibility index (Phi) is 6.39. The summed E-state index contributed by atoms with van der Waals surface area (Å²) in [5.41, 5.74) is 1.98. The molecular formula is C22H33NO2. The first kappa shape index (κ1) is 18.3. The van der Waals surface area contributed by atoms with Crippen LogP contribution in [0.1, 0.15) is 87.6 Å². The second kappa shape index (κ2) is 8.73. The molecule has 138 valence electrons. The van der Waals surface area contributed by atoms with Crippen molar-refractivity contribution in [3.63, 3.8) is 0 Å². The Hall–Kier alpha value is -1.51. The molecule has 1 aromatic carbocycles. The Morgan fingerprint density at radius 1 is 1.12 bits per heavy atom. The highest BCUT2D eigenvalue weighted by Crippen LogP contribution is 2.34. The van der Waals surface area contributed by atoms with Crippen LogP contribution in [0.4, 0.5) is 0 Å². The predicted molar refractivity (Wildman–Crippen MR) is 102 cm³/mol. The maximum absolute atomic E-state index is 13.0. The second-order valence-corrected chi connectivity index (χ2v) is 7.80. The van der Waals surface area contributed by atoms with Gasteiger partial charge in [0.15, 0.2) is 0 Å². The average Bonchev–Trinajstić information content (AvgIpc) is 2.93. The van der Waals surface area contributed by atoms with Crippen molar-refractivity contribution >= 4 is 5.91 Å². The number of carbonyl (C=O) groups is 1. The Morgan fingerprint density at radius 2 is 1.84 bits per heavy atom. The molecule has 1 aliphatic carbocycles. The average molecular weight is 344 g/mol. The first-order valence-corrected chi connectivity index (χ1v) is 10.3. The fourth-order valence-electron chi connectivity index (χ4n) is 4.45. The summed E-state index contributed by atoms with van der Waals surface area (Å²) in [6.45, 7) is 6.11. The lowest BCUT2D eigenvalue weighted by atomic mass is 9.97. The van der Waals surface area contributed by atoms with E-state index in [2.05, 4.69) is 19.9 Å². The van der Waals surface area contributed by atoms with Crippen LogP contribution < -0.4 is 4.74 Å². The normalized spacial score (nSPS) is 18.0. The van der Waals surface area contributed by atoms with Gasteiger partial charge in [-0.25, -0.2) is 0 Å². The van der Waals surface area contributed by atoms with Gasteiger partial charge < -0.3 is 9.64 Å². The number of nitrogens with zero attached hydrogens (tertiary/aromatic N) is 1. The van der Waals surface area contributed by atoms with Crippen LogP contribution in [0, 0.1) is 5.92 Å². The second-order valence-electron chi connectivity index (χ2n) is 7.80. The van der Waals surface area contributed by atoms with Crippen LogP contribution in [0.15, 0.2) is 18.2 Å². The van der Waals surface area contributed by atoms with Gasteiger partial charge in [-0.05, 0) is 56.1 Å². The summed E-state index contributed by atoms with van der Waals surface area (Å²) in [5.74, 6) is 1.62. The quantitative estimate of drug-likeness (QED) is 0.617. The van der Waals surface area contributed by atoms with Crippen molar-refractivity contribution in [3.05, 3.63) is 29.3 Å². The molecule has 0 saturated heterocycles. The zero-order valence-corrected chi connectivity index (χ0v) is 15.9. The monoisotopic (exact) mass is 343 g/mol. The summed E-state index contributed by atoms with van der Waals surface area (Å²) < 4.78 is 6.27. The Balaban J connectivity index is 1.71. The third kappa shape index (κ3) is 4.37. The number of fused-ring (bicyclic) bond motifs is 1. The molecule has 3 rings (SSSR count). The minimum absolute atomic E-state index is 0.179. The van der Waals surface area contributed by atoms with Crippen LogP contribution in [-0.4, -0.2) is 23.5 Å². The van der Waals surface area contributed by atoms with Crippen molar-refractivity contribution in [3.8, 4) is 5.75 Å². The molecule has 25 heavy (non-hydrogen) atoms. The Labute approximate surface area is 152 Å². The van der Waals surface area contributed by atoms with Crippen molar-refractivity contribution in [2.75, 3.05) is 6.54 Å². The Bertz CT molecular complexity index is 571. The van der Waals surface area contributed by atoms with Gasteiger partial charge in [0, 0.05) is 13.1 Å². The van der Waals surface area contributed by atoms with E-state index in [9.17, 15) is 4.79 Å². The van der Waals surface area contributed by atoms with E-state index in [-0.39, 0.29) is 12.0 Å².